The Kier molecular flexibility index (Phi) is 4.29. The molecule has 0 amide bonds. The van der Waals surface area contributed by atoms with Crippen LogP contribution in [0.2, 0.25) is 0 Å². The maximum Gasteiger partial charge on any atom is 0.321 e. The van der Waals surface area contributed by atoms with E-state index in [1.165, 1.54) is 13.0 Å². The maximum absolute atomic E-state index is 11.9. The Morgan fingerprint density at radius 2 is 2.06 bits per heavy atom. The van der Waals surface area contributed by atoms with Gasteiger partial charge in [-0.25, -0.2) is 8.42 Å². The van der Waals surface area contributed by atoms with Crippen molar-refractivity contribution in [3.05, 3.63) is 28.2 Å². The molecule has 7 heteroatoms. The number of aliphatic carboxylic acids is 1. The van der Waals surface area contributed by atoms with Crippen LogP contribution >= 0.6 is 15.9 Å². The third kappa shape index (κ3) is 3.52. The van der Waals surface area contributed by atoms with Crippen molar-refractivity contribution in [2.24, 2.45) is 0 Å². The minimum Gasteiger partial charge on any atom is -0.480 e. The van der Waals surface area contributed by atoms with E-state index in [0.29, 0.717) is 5.56 Å². The highest BCUT2D eigenvalue weighted by Gasteiger charge is 2.22. The van der Waals surface area contributed by atoms with Gasteiger partial charge in [-0.15, -0.1) is 0 Å². The monoisotopic (exact) mass is 321 g/mol. The first-order chi connectivity index (χ1) is 7.74. The van der Waals surface area contributed by atoms with Crippen molar-refractivity contribution in [1.29, 1.82) is 0 Å². The van der Waals surface area contributed by atoms with Crippen LogP contribution < -0.4 is 4.72 Å². The van der Waals surface area contributed by atoms with Gasteiger partial charge in [0.15, 0.2) is 0 Å². The topological polar surface area (TPSA) is 83.5 Å². The number of carboxylic acids is 1. The zero-order chi connectivity index (χ0) is 13.2. The molecule has 0 radical (unpaired) electrons. The lowest BCUT2D eigenvalue weighted by Gasteiger charge is -2.12. The highest BCUT2D eigenvalue weighted by atomic mass is 79.9. The lowest BCUT2D eigenvalue weighted by molar-refractivity contribution is -0.138. The zero-order valence-corrected chi connectivity index (χ0v) is 11.7. The van der Waals surface area contributed by atoms with Crippen molar-refractivity contribution >= 4 is 31.9 Å². The summed E-state index contributed by atoms with van der Waals surface area (Å²) in [4.78, 5) is 10.7. The van der Waals surface area contributed by atoms with E-state index in [1.807, 2.05) is 0 Å². The molecule has 0 aliphatic carbocycles. The third-order valence-electron chi connectivity index (χ3n) is 2.13. The van der Waals surface area contributed by atoms with Crippen molar-refractivity contribution in [2.45, 2.75) is 24.8 Å². The number of carbonyl (C=O) groups is 1. The quantitative estimate of drug-likeness (QED) is 0.880. The summed E-state index contributed by atoms with van der Waals surface area (Å²) in [5.41, 5.74) is 0.546. The van der Waals surface area contributed by atoms with Gasteiger partial charge in [-0.1, -0.05) is 15.9 Å². The van der Waals surface area contributed by atoms with Crippen LogP contribution in [0.15, 0.2) is 27.6 Å². The molecule has 2 N–H and O–H groups in total. The van der Waals surface area contributed by atoms with Crippen LogP contribution in [0.3, 0.4) is 0 Å². The van der Waals surface area contributed by atoms with Crippen LogP contribution in [0.1, 0.15) is 12.5 Å². The highest BCUT2D eigenvalue weighted by Crippen LogP contribution is 2.20. The van der Waals surface area contributed by atoms with E-state index in [9.17, 15) is 13.2 Å². The van der Waals surface area contributed by atoms with E-state index >= 15 is 0 Å². The van der Waals surface area contributed by atoms with Gasteiger partial charge in [-0.3, -0.25) is 4.79 Å². The molecule has 0 bridgehead atoms. The number of sulfonamides is 1. The molecule has 1 atom stereocenters. The predicted octanol–water partition coefficient (Wildman–Crippen LogP) is 1.51. The Bertz CT molecular complexity index is 541. The van der Waals surface area contributed by atoms with Gasteiger partial charge in [0.25, 0.3) is 0 Å². The van der Waals surface area contributed by atoms with Crippen molar-refractivity contribution in [3.63, 3.8) is 0 Å². The Hall–Kier alpha value is -0.920. The van der Waals surface area contributed by atoms with Gasteiger partial charge in [-0.2, -0.15) is 4.72 Å². The normalized spacial score (nSPS) is 13.4. The van der Waals surface area contributed by atoms with E-state index in [0.717, 1.165) is 4.47 Å². The van der Waals surface area contributed by atoms with Gasteiger partial charge in [0, 0.05) is 4.47 Å². The summed E-state index contributed by atoms with van der Waals surface area (Å²) in [7, 11) is -3.80. The summed E-state index contributed by atoms with van der Waals surface area (Å²) in [6, 6.07) is 3.51. The first kappa shape index (κ1) is 14.1. The first-order valence-electron chi connectivity index (χ1n) is 4.75. The Morgan fingerprint density at radius 1 is 1.47 bits per heavy atom. The van der Waals surface area contributed by atoms with E-state index < -0.39 is 22.0 Å². The molecular formula is C10H12BrNO4S. The second-order valence-electron chi connectivity index (χ2n) is 3.59. The second kappa shape index (κ2) is 5.16. The fourth-order valence-electron chi connectivity index (χ4n) is 1.26. The standard InChI is InChI=1S/C10H12BrNO4S/c1-6-5-8(11)3-4-9(6)17(15,16)12-7(2)10(13)14/h3-5,7,12H,1-2H3,(H,13,14)/t7-/m1/s1. The number of rotatable bonds is 4. The summed E-state index contributed by atoms with van der Waals surface area (Å²) < 4.78 is 26.6. The Labute approximate surface area is 108 Å². The fraction of sp³-hybridized carbons (Fsp3) is 0.300. The van der Waals surface area contributed by atoms with Crippen molar-refractivity contribution in [1.82, 2.24) is 4.72 Å². The smallest absolute Gasteiger partial charge is 0.321 e. The Morgan fingerprint density at radius 3 is 2.53 bits per heavy atom. The molecule has 0 aliphatic heterocycles. The largest absolute Gasteiger partial charge is 0.480 e. The van der Waals surface area contributed by atoms with Crippen molar-refractivity contribution in [2.75, 3.05) is 0 Å². The van der Waals surface area contributed by atoms with Gasteiger partial charge in [-0.05, 0) is 37.6 Å². The average molecular weight is 322 g/mol. The number of hydrogen-bond donors (Lipinski definition) is 2. The minimum absolute atomic E-state index is 0.0776. The minimum atomic E-state index is -3.80. The summed E-state index contributed by atoms with van der Waals surface area (Å²) >= 11 is 3.23. The number of hydrogen-bond acceptors (Lipinski definition) is 3. The SMILES string of the molecule is Cc1cc(Br)ccc1S(=O)(=O)N[C@H](C)C(=O)O. The zero-order valence-electron chi connectivity index (χ0n) is 9.27. The van der Waals surface area contributed by atoms with Gasteiger partial charge in [0.05, 0.1) is 4.90 Å². The van der Waals surface area contributed by atoms with E-state index in [-0.39, 0.29) is 4.90 Å². The number of benzene rings is 1. The molecule has 0 fully saturated rings. The molecule has 0 unspecified atom stereocenters. The van der Waals surface area contributed by atoms with Gasteiger partial charge < -0.3 is 5.11 Å². The lowest BCUT2D eigenvalue weighted by atomic mass is 10.2. The number of halogens is 1. The molecule has 94 valence electrons. The highest BCUT2D eigenvalue weighted by molar-refractivity contribution is 9.10. The van der Waals surface area contributed by atoms with Crippen LogP contribution in [0.5, 0.6) is 0 Å². The molecule has 0 saturated heterocycles. The molecule has 1 aromatic rings. The lowest BCUT2D eigenvalue weighted by Crippen LogP contribution is -2.38. The first-order valence-corrected chi connectivity index (χ1v) is 7.03. The molecule has 1 aromatic carbocycles. The van der Waals surface area contributed by atoms with Crippen LogP contribution in [-0.2, 0) is 14.8 Å². The van der Waals surface area contributed by atoms with E-state index in [2.05, 4.69) is 20.7 Å². The maximum atomic E-state index is 11.9. The summed E-state index contributed by atoms with van der Waals surface area (Å²) in [6.45, 7) is 2.92. The van der Waals surface area contributed by atoms with Crippen LogP contribution in [0.25, 0.3) is 0 Å². The molecule has 0 aromatic heterocycles. The molecule has 0 heterocycles. The van der Waals surface area contributed by atoms with Crippen LogP contribution in [0, 0.1) is 6.92 Å². The molecule has 1 rings (SSSR count). The second-order valence-corrected chi connectivity index (χ2v) is 6.19. The molecule has 5 nitrogen and oxygen atoms in total. The average Bonchev–Trinajstić information content (AvgIpc) is 2.15. The van der Waals surface area contributed by atoms with Crippen LogP contribution in [-0.4, -0.2) is 25.5 Å². The summed E-state index contributed by atoms with van der Waals surface area (Å²) in [6.07, 6.45) is 0. The number of nitrogens with one attached hydrogen (secondary N) is 1. The van der Waals surface area contributed by atoms with Gasteiger partial charge in [0.1, 0.15) is 6.04 Å². The van der Waals surface area contributed by atoms with E-state index in [1.54, 1.807) is 19.1 Å². The number of carboxylic acid groups (broad SMARTS) is 1. The van der Waals surface area contributed by atoms with Gasteiger partial charge >= 0.3 is 5.97 Å². The molecule has 0 aliphatic rings. The van der Waals surface area contributed by atoms with Gasteiger partial charge in [0.2, 0.25) is 10.0 Å². The number of aryl methyl sites for hydroxylation is 1. The van der Waals surface area contributed by atoms with Crippen molar-refractivity contribution in [3.8, 4) is 0 Å². The summed E-state index contributed by atoms with van der Waals surface area (Å²) in [5.74, 6) is -1.22. The van der Waals surface area contributed by atoms with Crippen LogP contribution in [0.4, 0.5) is 0 Å². The molecule has 17 heavy (non-hydrogen) atoms. The predicted molar refractivity (Wildman–Crippen MR) is 66.3 cm³/mol. The fourth-order valence-corrected chi connectivity index (χ4v) is 3.16. The molecular weight excluding hydrogens is 310 g/mol. The van der Waals surface area contributed by atoms with Crippen molar-refractivity contribution < 1.29 is 18.3 Å². The molecule has 0 spiro atoms. The van der Waals surface area contributed by atoms with E-state index in [4.69, 9.17) is 5.11 Å². The molecule has 0 saturated carbocycles. The third-order valence-corrected chi connectivity index (χ3v) is 4.32. The summed E-state index contributed by atoms with van der Waals surface area (Å²) in [5, 5.41) is 8.67. The Balaban J connectivity index is 3.10.